The number of hydrogen-bond donors (Lipinski definition) is 1. The van der Waals surface area contributed by atoms with Gasteiger partial charge in [0.2, 0.25) is 5.95 Å². The standard InChI is InChI=1S/C15H14ClN3O2/c16-12-6-2-1-5-10(12)13-11(14(20)21)9-17-15(18-13)19-7-3-4-8-19/h1-2,5-6,9H,3-4,7-8H2,(H,20,21). The minimum atomic E-state index is -1.06. The zero-order chi connectivity index (χ0) is 14.8. The molecule has 1 aromatic heterocycles. The highest BCUT2D eigenvalue weighted by Crippen LogP contribution is 2.30. The maximum atomic E-state index is 11.4. The number of carbonyl (C=O) groups is 1. The summed E-state index contributed by atoms with van der Waals surface area (Å²) in [6.45, 7) is 1.79. The summed E-state index contributed by atoms with van der Waals surface area (Å²) in [6.07, 6.45) is 3.57. The molecule has 1 aliphatic rings. The lowest BCUT2D eigenvalue weighted by molar-refractivity contribution is 0.0697. The fourth-order valence-electron chi connectivity index (χ4n) is 2.46. The Balaban J connectivity index is 2.13. The quantitative estimate of drug-likeness (QED) is 0.944. The Labute approximate surface area is 127 Å². The highest BCUT2D eigenvalue weighted by molar-refractivity contribution is 6.33. The van der Waals surface area contributed by atoms with Crippen molar-refractivity contribution in [3.8, 4) is 11.3 Å². The minimum absolute atomic E-state index is 0.0612. The first-order valence-electron chi connectivity index (χ1n) is 6.77. The largest absolute Gasteiger partial charge is 0.478 e. The first kappa shape index (κ1) is 13.8. The second-order valence-corrected chi connectivity index (χ2v) is 5.32. The van der Waals surface area contributed by atoms with Crippen LogP contribution < -0.4 is 4.90 Å². The molecule has 0 bridgehead atoms. The molecule has 21 heavy (non-hydrogen) atoms. The first-order valence-corrected chi connectivity index (χ1v) is 7.15. The van der Waals surface area contributed by atoms with E-state index < -0.39 is 5.97 Å². The number of benzene rings is 1. The average Bonchev–Trinajstić information content (AvgIpc) is 3.01. The van der Waals surface area contributed by atoms with Crippen LogP contribution in [0.25, 0.3) is 11.3 Å². The molecule has 0 amide bonds. The van der Waals surface area contributed by atoms with Crippen LogP contribution in [0.4, 0.5) is 5.95 Å². The maximum absolute atomic E-state index is 11.4. The third kappa shape index (κ3) is 2.69. The Morgan fingerprint density at radius 3 is 2.62 bits per heavy atom. The number of hydrogen-bond acceptors (Lipinski definition) is 4. The van der Waals surface area contributed by atoms with Crippen molar-refractivity contribution < 1.29 is 9.90 Å². The summed E-state index contributed by atoms with van der Waals surface area (Å²) in [5.74, 6) is -0.495. The molecule has 2 heterocycles. The zero-order valence-electron chi connectivity index (χ0n) is 11.3. The van der Waals surface area contributed by atoms with Crippen molar-refractivity contribution in [3.63, 3.8) is 0 Å². The maximum Gasteiger partial charge on any atom is 0.339 e. The van der Waals surface area contributed by atoms with E-state index in [1.165, 1.54) is 6.20 Å². The van der Waals surface area contributed by atoms with Crippen LogP contribution in [0.2, 0.25) is 5.02 Å². The predicted octanol–water partition coefficient (Wildman–Crippen LogP) is 3.10. The van der Waals surface area contributed by atoms with Crippen molar-refractivity contribution in [3.05, 3.63) is 41.0 Å². The molecule has 3 rings (SSSR count). The number of aromatic carboxylic acids is 1. The number of rotatable bonds is 3. The van der Waals surface area contributed by atoms with Crippen molar-refractivity contribution in [1.82, 2.24) is 9.97 Å². The van der Waals surface area contributed by atoms with Gasteiger partial charge >= 0.3 is 5.97 Å². The van der Waals surface area contributed by atoms with E-state index in [-0.39, 0.29) is 5.56 Å². The van der Waals surface area contributed by atoms with Gasteiger partial charge in [0, 0.05) is 29.9 Å². The molecular formula is C15H14ClN3O2. The van der Waals surface area contributed by atoms with Crippen LogP contribution in [-0.2, 0) is 0 Å². The van der Waals surface area contributed by atoms with Crippen LogP contribution in [0.5, 0.6) is 0 Å². The van der Waals surface area contributed by atoms with Crippen molar-refractivity contribution in [2.75, 3.05) is 18.0 Å². The Bertz CT molecular complexity index is 684. The normalized spacial score (nSPS) is 14.4. The second kappa shape index (κ2) is 5.69. The van der Waals surface area contributed by atoms with Crippen LogP contribution in [0.3, 0.4) is 0 Å². The van der Waals surface area contributed by atoms with Crippen LogP contribution in [0.15, 0.2) is 30.5 Å². The second-order valence-electron chi connectivity index (χ2n) is 4.91. The molecule has 1 N–H and O–H groups in total. The van der Waals surface area contributed by atoms with E-state index in [4.69, 9.17) is 11.6 Å². The smallest absolute Gasteiger partial charge is 0.339 e. The molecule has 0 aliphatic carbocycles. The number of aromatic nitrogens is 2. The molecule has 0 saturated carbocycles. The molecule has 1 aliphatic heterocycles. The highest BCUT2D eigenvalue weighted by atomic mass is 35.5. The predicted molar refractivity (Wildman–Crippen MR) is 80.9 cm³/mol. The molecule has 108 valence electrons. The summed E-state index contributed by atoms with van der Waals surface area (Å²) in [5.41, 5.74) is 1.04. The molecule has 0 spiro atoms. The van der Waals surface area contributed by atoms with Gasteiger partial charge in [-0.3, -0.25) is 0 Å². The Morgan fingerprint density at radius 1 is 1.24 bits per heavy atom. The average molecular weight is 304 g/mol. The zero-order valence-corrected chi connectivity index (χ0v) is 12.0. The number of halogens is 1. The number of nitrogens with zero attached hydrogens (tertiary/aromatic N) is 3. The molecule has 1 fully saturated rings. The van der Waals surface area contributed by atoms with Gasteiger partial charge in [-0.15, -0.1) is 0 Å². The Morgan fingerprint density at radius 2 is 1.95 bits per heavy atom. The fraction of sp³-hybridized carbons (Fsp3) is 0.267. The fourth-order valence-corrected chi connectivity index (χ4v) is 2.68. The highest BCUT2D eigenvalue weighted by Gasteiger charge is 2.21. The molecule has 0 atom stereocenters. The lowest BCUT2D eigenvalue weighted by Crippen LogP contribution is -2.21. The van der Waals surface area contributed by atoms with Crippen molar-refractivity contribution >= 4 is 23.5 Å². The van der Waals surface area contributed by atoms with E-state index >= 15 is 0 Å². The number of carboxylic acids is 1. The molecule has 0 radical (unpaired) electrons. The van der Waals surface area contributed by atoms with Crippen LogP contribution in [0.1, 0.15) is 23.2 Å². The van der Waals surface area contributed by atoms with Gasteiger partial charge in [-0.05, 0) is 18.9 Å². The van der Waals surface area contributed by atoms with Gasteiger partial charge in [-0.1, -0.05) is 29.8 Å². The van der Waals surface area contributed by atoms with Crippen molar-refractivity contribution in [2.45, 2.75) is 12.8 Å². The van der Waals surface area contributed by atoms with Crippen LogP contribution >= 0.6 is 11.6 Å². The summed E-state index contributed by atoms with van der Waals surface area (Å²) in [4.78, 5) is 22.1. The lowest BCUT2D eigenvalue weighted by atomic mass is 10.1. The van der Waals surface area contributed by atoms with Gasteiger partial charge in [-0.2, -0.15) is 0 Å². The van der Waals surface area contributed by atoms with E-state index in [0.717, 1.165) is 25.9 Å². The van der Waals surface area contributed by atoms with E-state index in [1.54, 1.807) is 18.2 Å². The third-order valence-electron chi connectivity index (χ3n) is 3.52. The van der Waals surface area contributed by atoms with Gasteiger partial charge in [0.25, 0.3) is 0 Å². The summed E-state index contributed by atoms with van der Waals surface area (Å²) in [7, 11) is 0. The Kier molecular flexibility index (Phi) is 3.75. The summed E-state index contributed by atoms with van der Waals surface area (Å²) >= 11 is 6.18. The van der Waals surface area contributed by atoms with Gasteiger partial charge in [0.1, 0.15) is 5.56 Å². The molecule has 5 nitrogen and oxygen atoms in total. The third-order valence-corrected chi connectivity index (χ3v) is 3.85. The van der Waals surface area contributed by atoms with Crippen LogP contribution in [-0.4, -0.2) is 34.1 Å². The first-order chi connectivity index (χ1) is 10.2. The lowest BCUT2D eigenvalue weighted by Gasteiger charge is -2.17. The number of carboxylic acid groups (broad SMARTS) is 1. The Hall–Kier alpha value is -2.14. The number of anilines is 1. The van der Waals surface area contributed by atoms with E-state index in [2.05, 4.69) is 14.9 Å². The van der Waals surface area contributed by atoms with E-state index in [1.807, 2.05) is 6.07 Å². The van der Waals surface area contributed by atoms with Gasteiger partial charge in [0.05, 0.1) is 5.69 Å². The molecule has 6 heteroatoms. The van der Waals surface area contributed by atoms with E-state index in [9.17, 15) is 9.90 Å². The summed E-state index contributed by atoms with van der Waals surface area (Å²) < 4.78 is 0. The monoisotopic (exact) mass is 303 g/mol. The van der Waals surface area contributed by atoms with Gasteiger partial charge in [-0.25, -0.2) is 14.8 Å². The molecular weight excluding hydrogens is 290 g/mol. The van der Waals surface area contributed by atoms with Crippen molar-refractivity contribution in [2.24, 2.45) is 0 Å². The summed E-state index contributed by atoms with van der Waals surface area (Å²) in [6, 6.07) is 7.10. The minimum Gasteiger partial charge on any atom is -0.478 e. The molecule has 2 aromatic rings. The molecule has 1 saturated heterocycles. The van der Waals surface area contributed by atoms with Crippen LogP contribution in [0, 0.1) is 0 Å². The molecule has 1 aromatic carbocycles. The van der Waals surface area contributed by atoms with Gasteiger partial charge < -0.3 is 10.0 Å². The summed E-state index contributed by atoms with van der Waals surface area (Å²) in [5, 5.41) is 9.82. The van der Waals surface area contributed by atoms with E-state index in [0.29, 0.717) is 22.2 Å². The molecule has 0 unspecified atom stereocenters. The SMILES string of the molecule is O=C(O)c1cnc(N2CCCC2)nc1-c1ccccc1Cl. The van der Waals surface area contributed by atoms with Crippen molar-refractivity contribution in [1.29, 1.82) is 0 Å². The van der Waals surface area contributed by atoms with Gasteiger partial charge in [0.15, 0.2) is 0 Å². The topological polar surface area (TPSA) is 66.3 Å².